The van der Waals surface area contributed by atoms with Gasteiger partial charge in [-0.15, -0.1) is 0 Å². The van der Waals surface area contributed by atoms with Crippen LogP contribution in [0.3, 0.4) is 0 Å². The van der Waals surface area contributed by atoms with Crippen LogP contribution in [0.5, 0.6) is 11.5 Å². The number of ether oxygens (including phenoxy) is 1. The normalized spacial score (nSPS) is 22.1. The fourth-order valence-electron chi connectivity index (χ4n) is 5.16. The number of rotatable bonds is 3. The summed E-state index contributed by atoms with van der Waals surface area (Å²) in [4.78, 5) is 0. The third-order valence-electron chi connectivity index (χ3n) is 6.55. The van der Waals surface area contributed by atoms with Crippen molar-refractivity contribution < 1.29 is 9.84 Å². The number of hydrogen-bond donors (Lipinski definition) is 3. The molecule has 3 aromatic carbocycles. The predicted molar refractivity (Wildman–Crippen MR) is 115 cm³/mol. The molecule has 4 N–H and O–H groups in total. The molecule has 0 amide bonds. The van der Waals surface area contributed by atoms with Gasteiger partial charge in [-0.25, -0.2) is 0 Å². The monoisotopic (exact) mass is 386 g/mol. The Kier molecular flexibility index (Phi) is 4.44. The zero-order valence-corrected chi connectivity index (χ0v) is 16.6. The number of nitrogens with two attached hydrogens (primary N) is 1. The molecule has 29 heavy (non-hydrogen) atoms. The van der Waals surface area contributed by atoms with E-state index in [-0.39, 0.29) is 11.8 Å². The largest absolute Gasteiger partial charge is 0.504 e. The van der Waals surface area contributed by atoms with Gasteiger partial charge in [0.25, 0.3) is 0 Å². The Morgan fingerprint density at radius 3 is 2.76 bits per heavy atom. The first-order valence-corrected chi connectivity index (χ1v) is 10.2. The highest BCUT2D eigenvalue weighted by Gasteiger charge is 2.41. The average molecular weight is 386 g/mol. The van der Waals surface area contributed by atoms with Crippen LogP contribution in [0.25, 0.3) is 0 Å². The highest BCUT2D eigenvalue weighted by Crippen LogP contribution is 2.53. The number of nitrogens with one attached hydrogen (secondary N) is 1. The molecule has 4 nitrogen and oxygen atoms in total. The summed E-state index contributed by atoms with van der Waals surface area (Å²) < 4.78 is 5.38. The van der Waals surface area contributed by atoms with Crippen LogP contribution < -0.4 is 15.8 Å². The van der Waals surface area contributed by atoms with Gasteiger partial charge in [0.1, 0.15) is 0 Å². The molecule has 0 radical (unpaired) electrons. The Morgan fingerprint density at radius 1 is 1.07 bits per heavy atom. The number of phenolic OH excluding ortho intramolecular Hbond substituents is 1. The summed E-state index contributed by atoms with van der Waals surface area (Å²) in [5.41, 5.74) is 13.6. The fourth-order valence-corrected chi connectivity index (χ4v) is 5.16. The summed E-state index contributed by atoms with van der Waals surface area (Å²) in [7, 11) is 1.59. The molecule has 148 valence electrons. The number of anilines is 1. The molecule has 3 aromatic rings. The molecule has 3 atom stereocenters. The van der Waals surface area contributed by atoms with Gasteiger partial charge in [-0.1, -0.05) is 42.5 Å². The minimum atomic E-state index is 0.152. The molecule has 4 heteroatoms. The zero-order chi connectivity index (χ0) is 20.0. The van der Waals surface area contributed by atoms with Crippen LogP contribution in [-0.2, 0) is 13.0 Å². The second-order valence-electron chi connectivity index (χ2n) is 8.06. The van der Waals surface area contributed by atoms with E-state index in [4.69, 9.17) is 10.5 Å². The molecule has 2 aliphatic rings. The molecule has 0 aromatic heterocycles. The Labute approximate surface area is 171 Å². The molecule has 0 spiro atoms. The van der Waals surface area contributed by atoms with Gasteiger partial charge < -0.3 is 20.9 Å². The molecule has 0 saturated heterocycles. The van der Waals surface area contributed by atoms with E-state index in [9.17, 15) is 5.11 Å². The lowest BCUT2D eigenvalue weighted by Crippen LogP contribution is -2.35. The van der Waals surface area contributed by atoms with Crippen LogP contribution in [0.15, 0.2) is 60.7 Å². The lowest BCUT2D eigenvalue weighted by Gasteiger charge is -2.45. The zero-order valence-electron chi connectivity index (χ0n) is 16.6. The topological polar surface area (TPSA) is 67.5 Å². The van der Waals surface area contributed by atoms with Gasteiger partial charge in [0.2, 0.25) is 0 Å². The standard InChI is InChI=1S/C25H26N2O2/c1-29-23-13-17(8-11-22(23)28)25-19-9-7-16-4-2-3-5-18(16)24(19)20-12-15(14-26)6-10-21(20)27-25/h2-6,8,10-13,19,24-25,27-28H,7,9,14,26H2,1H3/t19-,24+,25?/m1/s1. The maximum absolute atomic E-state index is 10.1. The number of fused-ring (bicyclic) bond motifs is 5. The van der Waals surface area contributed by atoms with E-state index >= 15 is 0 Å². The second kappa shape index (κ2) is 7.12. The number of aryl methyl sites for hydroxylation is 1. The number of hydrogen-bond acceptors (Lipinski definition) is 4. The van der Waals surface area contributed by atoms with Crippen LogP contribution in [0.4, 0.5) is 5.69 Å². The maximum Gasteiger partial charge on any atom is 0.160 e. The molecular weight excluding hydrogens is 360 g/mol. The van der Waals surface area contributed by atoms with Crippen molar-refractivity contribution in [2.75, 3.05) is 12.4 Å². The maximum atomic E-state index is 10.1. The molecule has 0 bridgehead atoms. The van der Waals surface area contributed by atoms with Crippen molar-refractivity contribution in [3.8, 4) is 11.5 Å². The summed E-state index contributed by atoms with van der Waals surface area (Å²) in [5.74, 6) is 1.43. The van der Waals surface area contributed by atoms with Crippen molar-refractivity contribution in [2.24, 2.45) is 11.7 Å². The quantitative estimate of drug-likeness (QED) is 0.609. The van der Waals surface area contributed by atoms with Gasteiger partial charge in [0.05, 0.1) is 13.2 Å². The number of methoxy groups -OCH3 is 1. The van der Waals surface area contributed by atoms with E-state index in [0.717, 1.165) is 29.7 Å². The fraction of sp³-hybridized carbons (Fsp3) is 0.280. The van der Waals surface area contributed by atoms with Gasteiger partial charge in [0, 0.05) is 18.2 Å². The number of aromatic hydroxyl groups is 1. The van der Waals surface area contributed by atoms with Crippen molar-refractivity contribution >= 4 is 5.69 Å². The molecule has 1 heterocycles. The summed E-state index contributed by atoms with van der Waals surface area (Å²) in [6.45, 7) is 0.547. The molecule has 0 saturated carbocycles. The van der Waals surface area contributed by atoms with Gasteiger partial charge >= 0.3 is 0 Å². The molecule has 1 aliphatic heterocycles. The Hall–Kier alpha value is -2.98. The lowest BCUT2D eigenvalue weighted by molar-refractivity contribution is 0.344. The Balaban J connectivity index is 1.67. The van der Waals surface area contributed by atoms with E-state index in [0.29, 0.717) is 24.1 Å². The van der Waals surface area contributed by atoms with Crippen molar-refractivity contribution in [2.45, 2.75) is 31.3 Å². The summed E-state index contributed by atoms with van der Waals surface area (Å²) in [6.07, 6.45) is 2.19. The van der Waals surface area contributed by atoms with E-state index < -0.39 is 0 Å². The van der Waals surface area contributed by atoms with Crippen molar-refractivity contribution in [3.63, 3.8) is 0 Å². The van der Waals surface area contributed by atoms with Crippen LogP contribution in [0.1, 0.15) is 46.2 Å². The molecule has 5 rings (SSSR count). The minimum absolute atomic E-state index is 0.152. The molecule has 1 aliphatic carbocycles. The third kappa shape index (κ3) is 2.95. The van der Waals surface area contributed by atoms with Crippen LogP contribution in [0.2, 0.25) is 0 Å². The molecule has 0 fully saturated rings. The predicted octanol–water partition coefficient (Wildman–Crippen LogP) is 4.72. The van der Waals surface area contributed by atoms with Crippen molar-refractivity contribution in [1.29, 1.82) is 0 Å². The minimum Gasteiger partial charge on any atom is -0.504 e. The highest BCUT2D eigenvalue weighted by molar-refractivity contribution is 5.63. The average Bonchev–Trinajstić information content (AvgIpc) is 2.78. The Morgan fingerprint density at radius 2 is 1.93 bits per heavy atom. The SMILES string of the molecule is COc1cc(C2Nc3ccc(CN)cc3[C@H]3c4ccccc4CC[C@@H]23)ccc1O. The van der Waals surface area contributed by atoms with Gasteiger partial charge in [-0.2, -0.15) is 0 Å². The molecule has 1 unspecified atom stereocenters. The first-order chi connectivity index (χ1) is 14.2. The van der Waals surface area contributed by atoms with E-state index in [1.165, 1.54) is 16.7 Å². The third-order valence-corrected chi connectivity index (χ3v) is 6.55. The molecular formula is C25H26N2O2. The Bertz CT molecular complexity index is 1060. The second-order valence-corrected chi connectivity index (χ2v) is 8.06. The van der Waals surface area contributed by atoms with Crippen molar-refractivity contribution in [1.82, 2.24) is 0 Å². The lowest BCUT2D eigenvalue weighted by atomic mass is 9.65. The first kappa shape index (κ1) is 18.1. The van der Waals surface area contributed by atoms with Crippen molar-refractivity contribution in [3.05, 3.63) is 88.5 Å². The number of phenols is 1. The first-order valence-electron chi connectivity index (χ1n) is 10.2. The van der Waals surface area contributed by atoms with E-state index in [2.05, 4.69) is 47.8 Å². The van der Waals surface area contributed by atoms with Crippen LogP contribution >= 0.6 is 0 Å². The van der Waals surface area contributed by atoms with E-state index in [1.54, 1.807) is 13.2 Å². The summed E-state index contributed by atoms with van der Waals surface area (Å²) in [5, 5.41) is 13.8. The number of benzene rings is 3. The summed E-state index contributed by atoms with van der Waals surface area (Å²) in [6, 6.07) is 21.2. The van der Waals surface area contributed by atoms with Gasteiger partial charge in [-0.05, 0) is 64.8 Å². The van der Waals surface area contributed by atoms with Gasteiger partial charge in [0.15, 0.2) is 11.5 Å². The van der Waals surface area contributed by atoms with Crippen LogP contribution in [-0.4, -0.2) is 12.2 Å². The smallest absolute Gasteiger partial charge is 0.160 e. The van der Waals surface area contributed by atoms with Crippen LogP contribution in [0, 0.1) is 5.92 Å². The van der Waals surface area contributed by atoms with E-state index in [1.807, 2.05) is 12.1 Å². The highest BCUT2D eigenvalue weighted by atomic mass is 16.5. The summed E-state index contributed by atoms with van der Waals surface area (Å²) >= 11 is 0. The van der Waals surface area contributed by atoms with Gasteiger partial charge in [-0.3, -0.25) is 0 Å².